The van der Waals surface area contributed by atoms with Crippen LogP contribution in [0.1, 0.15) is 92.1 Å². The minimum absolute atomic E-state index is 0.0682. The number of amides is 1. The zero-order valence-corrected chi connectivity index (χ0v) is 20.6. The van der Waals surface area contributed by atoms with E-state index in [0.717, 1.165) is 30.7 Å². The second kappa shape index (κ2) is 9.05. The summed E-state index contributed by atoms with van der Waals surface area (Å²) in [5.41, 5.74) is 1.49. The summed E-state index contributed by atoms with van der Waals surface area (Å²) in [6.07, 6.45) is 1.60. The number of likely N-dealkylation sites (tertiary alicyclic amines) is 1. The molecule has 0 spiro atoms. The Labute approximate surface area is 185 Å². The highest BCUT2D eigenvalue weighted by atomic mass is 32.2. The quantitative estimate of drug-likeness (QED) is 0.609. The summed E-state index contributed by atoms with van der Waals surface area (Å²) in [6.45, 7) is 16.8. The topological polar surface area (TPSA) is 88.5 Å². The maximum atomic E-state index is 12.9. The van der Waals surface area contributed by atoms with E-state index in [0.29, 0.717) is 6.54 Å². The summed E-state index contributed by atoms with van der Waals surface area (Å²) >= 11 is -1.22. The number of aromatic nitrogens is 1. The minimum atomic E-state index is -1.22. The zero-order chi connectivity index (χ0) is 22.9. The molecule has 1 fully saturated rings. The number of nitrogens with zero attached hydrogens (tertiary/aromatic N) is 2. The summed E-state index contributed by atoms with van der Waals surface area (Å²) in [5, 5.41) is 9.50. The van der Waals surface area contributed by atoms with Crippen molar-refractivity contribution in [3.05, 3.63) is 29.6 Å². The monoisotopic (exact) mass is 437 g/mol. The van der Waals surface area contributed by atoms with Crippen molar-refractivity contribution in [3.8, 4) is 0 Å². The van der Waals surface area contributed by atoms with Crippen molar-refractivity contribution >= 4 is 17.5 Å². The summed E-state index contributed by atoms with van der Waals surface area (Å²) in [6, 6.07) is 5.90. The molecule has 3 atom stereocenters. The van der Waals surface area contributed by atoms with E-state index in [4.69, 9.17) is 4.98 Å². The Bertz CT molecular complexity index is 740. The predicted molar refractivity (Wildman–Crippen MR) is 123 cm³/mol. The molecule has 0 bridgehead atoms. The molecule has 2 N–H and O–H groups in total. The maximum Gasteiger partial charge on any atom is 0.407 e. The van der Waals surface area contributed by atoms with Crippen LogP contribution in [0, 0.1) is 5.92 Å². The second-order valence-electron chi connectivity index (χ2n) is 11.1. The molecule has 7 heteroatoms. The largest absolute Gasteiger partial charge is 0.598 e. The standard InChI is InChI=1S/C23H39N3O3S/c1-21(2,3)19-11-9-10-17(24-19)18(25-30(29)22(4,5)6)13-12-16-14-23(7,8)26(15-16)20(27)28/h9-11,16,18,25H,12-15H2,1-8H3,(H,27,28)/t16-,18?,30?/m0/s1. The van der Waals surface area contributed by atoms with Crippen LogP contribution in [0.3, 0.4) is 0 Å². The highest BCUT2D eigenvalue weighted by molar-refractivity contribution is 7.90. The van der Waals surface area contributed by atoms with Crippen molar-refractivity contribution in [2.45, 2.75) is 96.4 Å². The molecule has 170 valence electrons. The summed E-state index contributed by atoms with van der Waals surface area (Å²) < 4.78 is 15.8. The van der Waals surface area contributed by atoms with Gasteiger partial charge in [0.15, 0.2) is 0 Å². The summed E-state index contributed by atoms with van der Waals surface area (Å²) in [7, 11) is 0. The molecule has 2 unspecified atom stereocenters. The van der Waals surface area contributed by atoms with Crippen molar-refractivity contribution in [3.63, 3.8) is 0 Å². The second-order valence-corrected chi connectivity index (χ2v) is 13.1. The van der Waals surface area contributed by atoms with Gasteiger partial charge < -0.3 is 14.6 Å². The number of carbonyl (C=O) groups is 1. The van der Waals surface area contributed by atoms with Crippen LogP contribution in [-0.2, 0) is 16.8 Å². The first kappa shape index (κ1) is 25.0. The number of rotatable bonds is 6. The third-order valence-electron chi connectivity index (χ3n) is 5.76. The predicted octanol–water partition coefficient (Wildman–Crippen LogP) is 5.03. The van der Waals surface area contributed by atoms with E-state index >= 15 is 0 Å². The van der Waals surface area contributed by atoms with Gasteiger partial charge in [-0.05, 0) is 71.9 Å². The fraction of sp³-hybridized carbons (Fsp3) is 0.739. The normalized spacial score (nSPS) is 21.5. The van der Waals surface area contributed by atoms with Crippen molar-refractivity contribution in [2.24, 2.45) is 5.92 Å². The first-order valence-corrected chi connectivity index (χ1v) is 11.9. The fourth-order valence-electron chi connectivity index (χ4n) is 3.96. The number of pyridine rings is 1. The van der Waals surface area contributed by atoms with Gasteiger partial charge in [0.1, 0.15) is 4.75 Å². The van der Waals surface area contributed by atoms with Crippen LogP contribution < -0.4 is 4.72 Å². The fourth-order valence-corrected chi connectivity index (χ4v) is 4.81. The van der Waals surface area contributed by atoms with Crippen molar-refractivity contribution in [2.75, 3.05) is 6.54 Å². The summed E-state index contributed by atoms with van der Waals surface area (Å²) in [5.74, 6) is 0.286. The van der Waals surface area contributed by atoms with Crippen LogP contribution in [0.25, 0.3) is 0 Å². The van der Waals surface area contributed by atoms with Crippen LogP contribution in [-0.4, -0.2) is 42.5 Å². The van der Waals surface area contributed by atoms with E-state index in [-0.39, 0.29) is 27.7 Å². The molecule has 0 aliphatic carbocycles. The van der Waals surface area contributed by atoms with Crippen LogP contribution in [0.5, 0.6) is 0 Å². The average molecular weight is 438 g/mol. The molecule has 0 aromatic carbocycles. The van der Waals surface area contributed by atoms with Gasteiger partial charge in [0.2, 0.25) is 0 Å². The van der Waals surface area contributed by atoms with Gasteiger partial charge in [0.05, 0.1) is 11.7 Å². The lowest BCUT2D eigenvalue weighted by molar-refractivity contribution is 0.117. The Morgan fingerprint density at radius 2 is 1.97 bits per heavy atom. The third-order valence-corrected chi connectivity index (χ3v) is 7.37. The average Bonchev–Trinajstić information content (AvgIpc) is 2.91. The van der Waals surface area contributed by atoms with Gasteiger partial charge in [-0.15, -0.1) is 4.72 Å². The summed E-state index contributed by atoms with van der Waals surface area (Å²) in [4.78, 5) is 18.0. The van der Waals surface area contributed by atoms with Crippen molar-refractivity contribution in [1.29, 1.82) is 0 Å². The lowest BCUT2D eigenvalue weighted by atomic mass is 9.90. The maximum absolute atomic E-state index is 12.9. The minimum Gasteiger partial charge on any atom is -0.598 e. The van der Waals surface area contributed by atoms with Gasteiger partial charge in [-0.25, -0.2) is 4.79 Å². The number of carboxylic acid groups (broad SMARTS) is 1. The van der Waals surface area contributed by atoms with Gasteiger partial charge in [0.25, 0.3) is 0 Å². The van der Waals surface area contributed by atoms with E-state index in [1.165, 1.54) is 0 Å². The van der Waals surface area contributed by atoms with Gasteiger partial charge in [-0.2, -0.15) is 0 Å². The molecule has 0 saturated carbocycles. The number of hydrogen-bond donors (Lipinski definition) is 2. The first-order chi connectivity index (χ1) is 13.6. The lowest BCUT2D eigenvalue weighted by Crippen LogP contribution is -2.42. The van der Waals surface area contributed by atoms with Crippen molar-refractivity contribution in [1.82, 2.24) is 14.6 Å². The molecular weight excluding hydrogens is 398 g/mol. The molecule has 1 amide bonds. The van der Waals surface area contributed by atoms with Gasteiger partial charge in [0, 0.05) is 34.6 Å². The molecule has 30 heavy (non-hydrogen) atoms. The van der Waals surface area contributed by atoms with E-state index in [1.54, 1.807) is 4.90 Å². The van der Waals surface area contributed by atoms with Crippen LogP contribution in [0.15, 0.2) is 18.2 Å². The smallest absolute Gasteiger partial charge is 0.407 e. The Balaban J connectivity index is 2.20. The highest BCUT2D eigenvalue weighted by Gasteiger charge is 2.41. The molecule has 1 aromatic heterocycles. The molecule has 6 nitrogen and oxygen atoms in total. The molecule has 2 heterocycles. The van der Waals surface area contributed by atoms with E-state index in [2.05, 4.69) is 25.5 Å². The molecule has 1 aromatic rings. The van der Waals surface area contributed by atoms with Crippen LogP contribution >= 0.6 is 0 Å². The van der Waals surface area contributed by atoms with E-state index in [9.17, 15) is 14.5 Å². The molecule has 0 radical (unpaired) electrons. The van der Waals surface area contributed by atoms with E-state index < -0.39 is 17.5 Å². The first-order valence-electron chi connectivity index (χ1n) is 10.8. The molecular formula is C23H39N3O3S. The Hall–Kier alpha value is -1.31. The highest BCUT2D eigenvalue weighted by Crippen LogP contribution is 2.36. The zero-order valence-electron chi connectivity index (χ0n) is 19.8. The van der Waals surface area contributed by atoms with Crippen LogP contribution in [0.2, 0.25) is 0 Å². The van der Waals surface area contributed by atoms with Gasteiger partial charge >= 0.3 is 6.09 Å². The van der Waals surface area contributed by atoms with Gasteiger partial charge in [-0.1, -0.05) is 26.8 Å². The Morgan fingerprint density at radius 1 is 1.33 bits per heavy atom. The molecule has 2 rings (SSSR count). The number of nitrogens with one attached hydrogen (secondary N) is 1. The lowest BCUT2D eigenvalue weighted by Gasteiger charge is -2.29. The molecule has 1 aliphatic heterocycles. The van der Waals surface area contributed by atoms with Gasteiger partial charge in [-0.3, -0.25) is 4.98 Å². The van der Waals surface area contributed by atoms with E-state index in [1.807, 2.05) is 52.8 Å². The van der Waals surface area contributed by atoms with Crippen molar-refractivity contribution < 1.29 is 14.5 Å². The molecule has 1 saturated heterocycles. The number of hydrogen-bond acceptors (Lipinski definition) is 4. The molecule has 1 aliphatic rings. The Morgan fingerprint density at radius 3 is 2.47 bits per heavy atom. The van der Waals surface area contributed by atoms with Crippen LogP contribution in [0.4, 0.5) is 4.79 Å². The Kier molecular flexibility index (Phi) is 7.53. The third kappa shape index (κ3) is 6.34. The SMILES string of the molecule is CC(C)(C)c1cccc(C(CC[C@@H]2CN(C(=O)O)C(C)(C)C2)N[S+]([O-])C(C)(C)C)n1.